The number of amides is 2. The number of benzene rings is 1. The highest BCUT2D eigenvalue weighted by Gasteiger charge is 2.43. The zero-order valence-corrected chi connectivity index (χ0v) is 17.8. The van der Waals surface area contributed by atoms with Gasteiger partial charge < -0.3 is 15.0 Å². The first kappa shape index (κ1) is 20.4. The molecule has 1 aromatic carbocycles. The van der Waals surface area contributed by atoms with Crippen molar-refractivity contribution in [2.45, 2.75) is 45.4 Å². The summed E-state index contributed by atoms with van der Waals surface area (Å²) in [4.78, 5) is 29.9. The standard InChI is InChI=1S/C22H29N5O3/c1-4-26-13-17(15(2)24-26)12-25-9-10-27-20(14-25)21(28)23-19(22(27)29)11-16-5-7-18(30-3)8-6-16/h5-8,13,19-20H,4,9-12,14H2,1-3H3,(H,23,28)/t19-,20+/m0/s1. The quantitative estimate of drug-likeness (QED) is 0.766. The predicted octanol–water partition coefficient (Wildman–Crippen LogP) is 0.974. The molecule has 2 amide bonds. The topological polar surface area (TPSA) is 79.7 Å². The van der Waals surface area contributed by atoms with Crippen molar-refractivity contribution in [3.8, 4) is 5.75 Å². The van der Waals surface area contributed by atoms with Gasteiger partial charge in [-0.2, -0.15) is 5.10 Å². The molecule has 0 unspecified atom stereocenters. The minimum Gasteiger partial charge on any atom is -0.497 e. The van der Waals surface area contributed by atoms with Gasteiger partial charge in [-0.3, -0.25) is 19.2 Å². The molecule has 0 spiro atoms. The monoisotopic (exact) mass is 411 g/mol. The fourth-order valence-electron chi connectivity index (χ4n) is 4.25. The molecule has 4 rings (SSSR count). The third kappa shape index (κ3) is 4.05. The molecule has 2 aliphatic rings. The third-order valence-corrected chi connectivity index (χ3v) is 6.03. The minimum absolute atomic E-state index is 0.00468. The molecule has 1 N–H and O–H groups in total. The van der Waals surface area contributed by atoms with E-state index in [0.717, 1.165) is 36.6 Å². The van der Waals surface area contributed by atoms with Crippen molar-refractivity contribution in [1.29, 1.82) is 0 Å². The van der Waals surface area contributed by atoms with Crippen molar-refractivity contribution >= 4 is 11.8 Å². The normalized spacial score (nSPS) is 22.0. The number of fused-ring (bicyclic) bond motifs is 1. The average molecular weight is 412 g/mol. The van der Waals surface area contributed by atoms with Crippen molar-refractivity contribution in [2.75, 3.05) is 26.7 Å². The summed E-state index contributed by atoms with van der Waals surface area (Å²) in [6.07, 6.45) is 2.55. The van der Waals surface area contributed by atoms with Crippen LogP contribution in [0.4, 0.5) is 0 Å². The van der Waals surface area contributed by atoms with E-state index in [-0.39, 0.29) is 11.8 Å². The van der Waals surface area contributed by atoms with Crippen LogP contribution in [0.1, 0.15) is 23.7 Å². The third-order valence-electron chi connectivity index (χ3n) is 6.03. The van der Waals surface area contributed by atoms with Crippen LogP contribution in [0, 0.1) is 6.92 Å². The molecule has 8 nitrogen and oxygen atoms in total. The van der Waals surface area contributed by atoms with E-state index < -0.39 is 12.1 Å². The van der Waals surface area contributed by atoms with Gasteiger partial charge in [0.15, 0.2) is 0 Å². The van der Waals surface area contributed by atoms with E-state index in [1.807, 2.05) is 35.9 Å². The van der Waals surface area contributed by atoms with Crippen LogP contribution in [0.15, 0.2) is 30.5 Å². The smallest absolute Gasteiger partial charge is 0.246 e. The maximum absolute atomic E-state index is 13.0. The molecule has 30 heavy (non-hydrogen) atoms. The molecule has 2 aliphatic heterocycles. The van der Waals surface area contributed by atoms with Crippen LogP contribution in [0.25, 0.3) is 0 Å². The maximum Gasteiger partial charge on any atom is 0.246 e. The molecule has 2 saturated heterocycles. The maximum atomic E-state index is 13.0. The minimum atomic E-state index is -0.515. The van der Waals surface area contributed by atoms with Crippen LogP contribution in [0.5, 0.6) is 5.75 Å². The lowest BCUT2D eigenvalue weighted by Crippen LogP contribution is -2.69. The number of carbonyl (C=O) groups excluding carboxylic acids is 2. The number of aromatic nitrogens is 2. The van der Waals surface area contributed by atoms with Crippen molar-refractivity contribution in [2.24, 2.45) is 0 Å². The van der Waals surface area contributed by atoms with E-state index in [9.17, 15) is 9.59 Å². The van der Waals surface area contributed by atoms with Gasteiger partial charge in [0, 0.05) is 50.9 Å². The van der Waals surface area contributed by atoms with Crippen molar-refractivity contribution < 1.29 is 14.3 Å². The number of piperazine rings is 2. The van der Waals surface area contributed by atoms with Gasteiger partial charge in [0.2, 0.25) is 11.8 Å². The van der Waals surface area contributed by atoms with Gasteiger partial charge in [-0.25, -0.2) is 0 Å². The van der Waals surface area contributed by atoms with Crippen LogP contribution in [0.2, 0.25) is 0 Å². The van der Waals surface area contributed by atoms with Crippen LogP contribution in [-0.2, 0) is 29.1 Å². The van der Waals surface area contributed by atoms with Crippen molar-refractivity contribution in [3.05, 3.63) is 47.3 Å². The Balaban J connectivity index is 1.40. The fourth-order valence-corrected chi connectivity index (χ4v) is 4.25. The van der Waals surface area contributed by atoms with Gasteiger partial charge in [-0.05, 0) is 31.5 Å². The molecule has 2 atom stereocenters. The van der Waals surface area contributed by atoms with E-state index >= 15 is 0 Å². The average Bonchev–Trinajstić information content (AvgIpc) is 3.11. The Kier molecular flexibility index (Phi) is 5.76. The highest BCUT2D eigenvalue weighted by molar-refractivity contribution is 5.97. The summed E-state index contributed by atoms with van der Waals surface area (Å²) < 4.78 is 7.11. The SMILES string of the molecule is CCn1cc(CN2CCN3C(=O)[C@H](Cc4ccc(OC)cc4)NC(=O)[C@H]3C2)c(C)n1. The second kappa shape index (κ2) is 8.47. The zero-order valence-electron chi connectivity index (χ0n) is 17.8. The van der Waals surface area contributed by atoms with Crippen LogP contribution >= 0.6 is 0 Å². The number of rotatable bonds is 6. The molecule has 0 bridgehead atoms. The Bertz CT molecular complexity index is 923. The predicted molar refractivity (Wildman–Crippen MR) is 112 cm³/mol. The Hall–Kier alpha value is -2.87. The van der Waals surface area contributed by atoms with Crippen LogP contribution < -0.4 is 10.1 Å². The van der Waals surface area contributed by atoms with E-state index in [0.29, 0.717) is 19.5 Å². The number of nitrogens with one attached hydrogen (secondary N) is 1. The second-order valence-corrected chi connectivity index (χ2v) is 7.99. The summed E-state index contributed by atoms with van der Waals surface area (Å²) >= 11 is 0. The molecule has 8 heteroatoms. The lowest BCUT2D eigenvalue weighted by Gasteiger charge is -2.45. The van der Waals surface area contributed by atoms with Crippen molar-refractivity contribution in [3.63, 3.8) is 0 Å². The summed E-state index contributed by atoms with van der Waals surface area (Å²) in [6.45, 7) is 7.52. The summed E-state index contributed by atoms with van der Waals surface area (Å²) in [5.74, 6) is 0.706. The fraction of sp³-hybridized carbons (Fsp3) is 0.500. The summed E-state index contributed by atoms with van der Waals surface area (Å²) in [7, 11) is 1.62. The van der Waals surface area contributed by atoms with E-state index in [4.69, 9.17) is 4.74 Å². The molecule has 0 radical (unpaired) electrons. The molecule has 0 saturated carbocycles. The van der Waals surface area contributed by atoms with Crippen LogP contribution in [-0.4, -0.2) is 70.2 Å². The number of nitrogens with zero attached hydrogens (tertiary/aromatic N) is 4. The number of carbonyl (C=O) groups is 2. The van der Waals surface area contributed by atoms with Gasteiger partial charge in [0.05, 0.1) is 12.8 Å². The molecule has 160 valence electrons. The first-order valence-corrected chi connectivity index (χ1v) is 10.5. The number of hydrogen-bond donors (Lipinski definition) is 1. The van der Waals surface area contributed by atoms with Gasteiger partial charge >= 0.3 is 0 Å². The number of hydrogen-bond acceptors (Lipinski definition) is 5. The molecule has 1 aromatic heterocycles. The largest absolute Gasteiger partial charge is 0.497 e. The molecule has 2 aromatic rings. The second-order valence-electron chi connectivity index (χ2n) is 7.99. The van der Waals surface area contributed by atoms with E-state index in [1.165, 1.54) is 5.56 Å². The van der Waals surface area contributed by atoms with Gasteiger partial charge in [0.1, 0.15) is 17.8 Å². The molecule has 2 fully saturated rings. The summed E-state index contributed by atoms with van der Waals surface area (Å²) in [5, 5.41) is 7.45. The Labute approximate surface area is 176 Å². The first-order valence-electron chi connectivity index (χ1n) is 10.5. The number of ether oxygens (including phenoxy) is 1. The lowest BCUT2D eigenvalue weighted by molar-refractivity contribution is -0.153. The number of methoxy groups -OCH3 is 1. The zero-order chi connectivity index (χ0) is 21.3. The highest BCUT2D eigenvalue weighted by Crippen LogP contribution is 2.21. The van der Waals surface area contributed by atoms with Crippen LogP contribution in [0.3, 0.4) is 0 Å². The lowest BCUT2D eigenvalue weighted by atomic mass is 9.98. The van der Waals surface area contributed by atoms with E-state index in [1.54, 1.807) is 12.0 Å². The Morgan fingerprint density at radius 2 is 1.97 bits per heavy atom. The highest BCUT2D eigenvalue weighted by atomic mass is 16.5. The van der Waals surface area contributed by atoms with E-state index in [2.05, 4.69) is 28.4 Å². The summed E-state index contributed by atoms with van der Waals surface area (Å²) in [6, 6.07) is 6.66. The Morgan fingerprint density at radius 3 is 2.63 bits per heavy atom. The van der Waals surface area contributed by atoms with Gasteiger partial charge in [-0.15, -0.1) is 0 Å². The van der Waals surface area contributed by atoms with Crippen molar-refractivity contribution in [1.82, 2.24) is 24.9 Å². The van der Waals surface area contributed by atoms with Gasteiger partial charge in [0.25, 0.3) is 0 Å². The molecule has 0 aliphatic carbocycles. The first-order chi connectivity index (χ1) is 14.5. The molecular weight excluding hydrogens is 382 g/mol. The van der Waals surface area contributed by atoms with Gasteiger partial charge in [-0.1, -0.05) is 12.1 Å². The molecular formula is C22H29N5O3. The summed E-state index contributed by atoms with van der Waals surface area (Å²) in [5.41, 5.74) is 3.18. The Morgan fingerprint density at radius 1 is 1.20 bits per heavy atom. The number of aryl methyl sites for hydroxylation is 2. The molecule has 3 heterocycles.